The third-order valence-corrected chi connectivity index (χ3v) is 5.11. The molecule has 2 aromatic carbocycles. The number of nitrogens with one attached hydrogen (secondary N) is 1. The first-order chi connectivity index (χ1) is 12.6. The fourth-order valence-electron chi connectivity index (χ4n) is 2.90. The average molecular weight is 362 g/mol. The molecule has 0 aliphatic carbocycles. The Hall–Kier alpha value is -2.99. The predicted molar refractivity (Wildman–Crippen MR) is 104 cm³/mol. The van der Waals surface area contributed by atoms with Gasteiger partial charge in [-0.25, -0.2) is 9.97 Å². The van der Waals surface area contributed by atoms with Gasteiger partial charge in [-0.2, -0.15) is 0 Å². The Morgan fingerprint density at radius 3 is 2.77 bits per heavy atom. The van der Waals surface area contributed by atoms with E-state index in [1.165, 1.54) is 0 Å². The van der Waals surface area contributed by atoms with Crippen molar-refractivity contribution in [3.63, 3.8) is 0 Å². The molecule has 2 aromatic heterocycles. The molecule has 26 heavy (non-hydrogen) atoms. The van der Waals surface area contributed by atoms with Crippen LogP contribution in [0.15, 0.2) is 53.9 Å². The Bertz CT molecular complexity index is 1070. The number of thiazole rings is 1. The van der Waals surface area contributed by atoms with Crippen molar-refractivity contribution in [2.24, 2.45) is 0 Å². The summed E-state index contributed by atoms with van der Waals surface area (Å²) in [5.74, 6) is 0.808. The largest absolute Gasteiger partial charge is 0.342 e. The van der Waals surface area contributed by atoms with Crippen LogP contribution in [-0.4, -0.2) is 32.8 Å². The lowest BCUT2D eigenvalue weighted by Gasteiger charge is -2.15. The number of fused-ring (bicyclic) bond motifs is 1. The Morgan fingerprint density at radius 2 is 1.96 bits per heavy atom. The van der Waals surface area contributed by atoms with E-state index < -0.39 is 0 Å². The number of carbonyl (C=O) groups excluding carboxylic acids is 1. The van der Waals surface area contributed by atoms with Crippen molar-refractivity contribution in [3.05, 3.63) is 71.0 Å². The van der Waals surface area contributed by atoms with E-state index in [0.717, 1.165) is 33.1 Å². The zero-order chi connectivity index (χ0) is 18.1. The van der Waals surface area contributed by atoms with E-state index >= 15 is 0 Å². The van der Waals surface area contributed by atoms with Gasteiger partial charge >= 0.3 is 0 Å². The van der Waals surface area contributed by atoms with Crippen LogP contribution in [0.4, 0.5) is 0 Å². The van der Waals surface area contributed by atoms with Gasteiger partial charge in [0.1, 0.15) is 10.8 Å². The highest BCUT2D eigenvalue weighted by atomic mass is 32.1. The van der Waals surface area contributed by atoms with Crippen LogP contribution in [0.25, 0.3) is 21.6 Å². The highest BCUT2D eigenvalue weighted by Crippen LogP contribution is 2.24. The summed E-state index contributed by atoms with van der Waals surface area (Å²) >= 11 is 1.59. The van der Waals surface area contributed by atoms with Gasteiger partial charge in [-0.05, 0) is 25.1 Å². The quantitative estimate of drug-likeness (QED) is 0.590. The number of hydrogen-bond acceptors (Lipinski definition) is 4. The fourth-order valence-corrected chi connectivity index (χ4v) is 3.72. The van der Waals surface area contributed by atoms with Crippen LogP contribution in [0.5, 0.6) is 0 Å². The van der Waals surface area contributed by atoms with Crippen LogP contribution < -0.4 is 0 Å². The number of carbonyl (C=O) groups is 1. The van der Waals surface area contributed by atoms with Gasteiger partial charge in [-0.1, -0.05) is 30.3 Å². The summed E-state index contributed by atoms with van der Waals surface area (Å²) in [7, 11) is 1.80. The smallest absolute Gasteiger partial charge is 0.254 e. The number of rotatable bonds is 4. The molecule has 0 saturated carbocycles. The molecule has 6 heteroatoms. The average Bonchev–Trinajstić information content (AvgIpc) is 3.26. The minimum atomic E-state index is -0.0339. The number of aryl methyl sites for hydroxylation is 1. The summed E-state index contributed by atoms with van der Waals surface area (Å²) in [6.07, 6.45) is 0. The minimum Gasteiger partial charge on any atom is -0.342 e. The zero-order valence-corrected chi connectivity index (χ0v) is 15.4. The van der Waals surface area contributed by atoms with Crippen molar-refractivity contribution in [3.8, 4) is 10.6 Å². The number of aromatic amines is 1. The molecule has 0 spiro atoms. The molecule has 1 N–H and O–H groups in total. The zero-order valence-electron chi connectivity index (χ0n) is 14.6. The molecule has 5 nitrogen and oxygen atoms in total. The molecule has 0 bridgehead atoms. The van der Waals surface area contributed by atoms with Gasteiger partial charge in [-0.3, -0.25) is 4.79 Å². The van der Waals surface area contributed by atoms with Crippen molar-refractivity contribution < 1.29 is 4.79 Å². The molecule has 0 unspecified atom stereocenters. The molecular weight excluding hydrogens is 344 g/mol. The summed E-state index contributed by atoms with van der Waals surface area (Å²) in [5.41, 5.74) is 4.37. The van der Waals surface area contributed by atoms with Gasteiger partial charge in [0.15, 0.2) is 0 Å². The summed E-state index contributed by atoms with van der Waals surface area (Å²) in [5, 5.41) is 2.98. The molecule has 0 aliphatic heterocycles. The van der Waals surface area contributed by atoms with Crippen LogP contribution in [0.3, 0.4) is 0 Å². The number of amides is 1. The number of H-pyrrole nitrogens is 1. The van der Waals surface area contributed by atoms with Gasteiger partial charge < -0.3 is 9.88 Å². The molecule has 0 aliphatic rings. The third-order valence-electron chi connectivity index (χ3n) is 4.17. The molecule has 0 radical (unpaired) electrons. The van der Waals surface area contributed by atoms with Crippen molar-refractivity contribution in [2.45, 2.75) is 13.5 Å². The monoisotopic (exact) mass is 362 g/mol. The second kappa shape index (κ2) is 6.72. The van der Waals surface area contributed by atoms with Crippen molar-refractivity contribution in [1.82, 2.24) is 19.9 Å². The molecule has 0 saturated heterocycles. The molecular formula is C20H18N4OS. The molecule has 4 rings (SSSR count). The van der Waals surface area contributed by atoms with E-state index in [-0.39, 0.29) is 5.91 Å². The van der Waals surface area contributed by atoms with E-state index in [9.17, 15) is 4.79 Å². The van der Waals surface area contributed by atoms with Crippen LogP contribution in [0.2, 0.25) is 0 Å². The highest BCUT2D eigenvalue weighted by molar-refractivity contribution is 7.13. The first kappa shape index (κ1) is 16.5. The van der Waals surface area contributed by atoms with Gasteiger partial charge in [-0.15, -0.1) is 11.3 Å². The topological polar surface area (TPSA) is 61.9 Å². The van der Waals surface area contributed by atoms with Crippen LogP contribution in [0, 0.1) is 6.92 Å². The Balaban J connectivity index is 1.51. The van der Waals surface area contributed by atoms with Crippen LogP contribution in [0.1, 0.15) is 21.9 Å². The lowest BCUT2D eigenvalue weighted by atomic mass is 10.1. The lowest BCUT2D eigenvalue weighted by molar-refractivity contribution is 0.0784. The van der Waals surface area contributed by atoms with Crippen LogP contribution in [-0.2, 0) is 6.54 Å². The molecule has 0 fully saturated rings. The number of imidazole rings is 1. The lowest BCUT2D eigenvalue weighted by Crippen LogP contribution is -2.26. The molecule has 4 aromatic rings. The summed E-state index contributed by atoms with van der Waals surface area (Å²) < 4.78 is 0. The number of hydrogen-bond donors (Lipinski definition) is 1. The maximum Gasteiger partial charge on any atom is 0.254 e. The molecule has 1 amide bonds. The summed E-state index contributed by atoms with van der Waals surface area (Å²) in [6.45, 7) is 2.38. The summed E-state index contributed by atoms with van der Waals surface area (Å²) in [6, 6.07) is 15.6. The first-order valence-electron chi connectivity index (χ1n) is 8.32. The standard InChI is InChI=1S/C20H18N4OS/c1-13-21-17-9-8-15(10-18(17)22-13)20(25)24(2)11-16-12-26-19(23-16)14-6-4-3-5-7-14/h3-10,12H,11H2,1-2H3,(H,21,22). The van der Waals surface area contributed by atoms with E-state index in [0.29, 0.717) is 12.1 Å². The highest BCUT2D eigenvalue weighted by Gasteiger charge is 2.15. The Labute approximate surface area is 155 Å². The van der Waals surface area contributed by atoms with Gasteiger partial charge in [0.05, 0.1) is 23.3 Å². The van der Waals surface area contributed by atoms with E-state index in [4.69, 9.17) is 0 Å². The Morgan fingerprint density at radius 1 is 1.15 bits per heavy atom. The van der Waals surface area contributed by atoms with E-state index in [1.54, 1.807) is 23.3 Å². The van der Waals surface area contributed by atoms with Crippen molar-refractivity contribution >= 4 is 28.3 Å². The fraction of sp³-hybridized carbons (Fsp3) is 0.150. The van der Waals surface area contributed by atoms with Gasteiger partial charge in [0.2, 0.25) is 0 Å². The molecule has 2 heterocycles. The molecule has 130 valence electrons. The maximum atomic E-state index is 12.7. The second-order valence-electron chi connectivity index (χ2n) is 6.23. The number of benzene rings is 2. The van der Waals surface area contributed by atoms with Gasteiger partial charge in [0.25, 0.3) is 5.91 Å². The SMILES string of the molecule is Cc1nc2ccc(C(=O)N(C)Cc3csc(-c4ccccc4)n3)cc2[nH]1. The van der Waals surface area contributed by atoms with E-state index in [1.807, 2.05) is 60.8 Å². The minimum absolute atomic E-state index is 0.0339. The maximum absolute atomic E-state index is 12.7. The van der Waals surface area contributed by atoms with Crippen LogP contribution >= 0.6 is 11.3 Å². The predicted octanol–water partition coefficient (Wildman–Crippen LogP) is 4.27. The number of aromatic nitrogens is 3. The second-order valence-corrected chi connectivity index (χ2v) is 7.08. The number of nitrogens with zero attached hydrogens (tertiary/aromatic N) is 3. The molecule has 0 atom stereocenters. The normalized spacial score (nSPS) is 11.0. The van der Waals surface area contributed by atoms with Crippen molar-refractivity contribution in [2.75, 3.05) is 7.05 Å². The Kier molecular flexibility index (Phi) is 4.26. The van der Waals surface area contributed by atoms with Gasteiger partial charge in [0, 0.05) is 23.6 Å². The van der Waals surface area contributed by atoms with Crippen molar-refractivity contribution in [1.29, 1.82) is 0 Å². The van der Waals surface area contributed by atoms with E-state index in [2.05, 4.69) is 15.0 Å². The third kappa shape index (κ3) is 3.23. The summed E-state index contributed by atoms with van der Waals surface area (Å²) in [4.78, 5) is 26.6. The first-order valence-corrected chi connectivity index (χ1v) is 9.20.